The second kappa shape index (κ2) is 6.91. The number of hydrogen-bond donors (Lipinski definition) is 3. The molecule has 0 radical (unpaired) electrons. The fraction of sp³-hybridized carbons (Fsp3) is 0.692. The SMILES string of the molecule is CC(C)CC(CN)NC(=O)c1cc(C2CC2)[nH]n1.Cl. The molecule has 0 aromatic carbocycles. The molecule has 1 fully saturated rings. The summed E-state index contributed by atoms with van der Waals surface area (Å²) in [5, 5.41) is 9.95. The van der Waals surface area contributed by atoms with E-state index in [-0.39, 0.29) is 24.4 Å². The molecule has 1 aliphatic carbocycles. The summed E-state index contributed by atoms with van der Waals surface area (Å²) in [5.41, 5.74) is 7.22. The molecule has 1 aromatic heterocycles. The Labute approximate surface area is 120 Å². The molecule has 19 heavy (non-hydrogen) atoms. The second-order valence-corrected chi connectivity index (χ2v) is 5.52. The van der Waals surface area contributed by atoms with E-state index in [1.165, 1.54) is 12.8 Å². The molecule has 0 aliphatic heterocycles. The number of H-pyrrole nitrogens is 1. The number of nitrogens with zero attached hydrogens (tertiary/aromatic N) is 1. The smallest absolute Gasteiger partial charge is 0.272 e. The first kappa shape index (κ1) is 16.0. The normalized spacial score (nSPS) is 16.0. The zero-order valence-corrected chi connectivity index (χ0v) is 12.3. The van der Waals surface area contributed by atoms with Gasteiger partial charge in [-0.05, 0) is 31.2 Å². The highest BCUT2D eigenvalue weighted by Crippen LogP contribution is 2.38. The van der Waals surface area contributed by atoms with Gasteiger partial charge >= 0.3 is 0 Å². The van der Waals surface area contributed by atoms with Crippen molar-refractivity contribution in [2.75, 3.05) is 6.54 Å². The molecule has 1 unspecified atom stereocenters. The van der Waals surface area contributed by atoms with Gasteiger partial charge in [0.05, 0.1) is 0 Å². The lowest BCUT2D eigenvalue weighted by Gasteiger charge is -2.17. The summed E-state index contributed by atoms with van der Waals surface area (Å²) in [4.78, 5) is 12.0. The number of aromatic amines is 1. The molecule has 1 aromatic rings. The van der Waals surface area contributed by atoms with Gasteiger partial charge < -0.3 is 11.1 Å². The Morgan fingerprint density at radius 3 is 2.79 bits per heavy atom. The van der Waals surface area contributed by atoms with Crippen LogP contribution in [-0.2, 0) is 0 Å². The van der Waals surface area contributed by atoms with Gasteiger partial charge in [-0.1, -0.05) is 13.8 Å². The molecule has 1 amide bonds. The monoisotopic (exact) mass is 286 g/mol. The van der Waals surface area contributed by atoms with Crippen molar-refractivity contribution >= 4 is 18.3 Å². The quantitative estimate of drug-likeness (QED) is 0.746. The summed E-state index contributed by atoms with van der Waals surface area (Å²) < 4.78 is 0. The number of rotatable bonds is 6. The van der Waals surface area contributed by atoms with Crippen molar-refractivity contribution in [3.8, 4) is 0 Å². The predicted molar refractivity (Wildman–Crippen MR) is 77.6 cm³/mol. The average Bonchev–Trinajstić information content (AvgIpc) is 3.05. The van der Waals surface area contributed by atoms with Gasteiger partial charge in [0.1, 0.15) is 5.69 Å². The molecule has 4 N–H and O–H groups in total. The Morgan fingerprint density at radius 1 is 1.58 bits per heavy atom. The molecule has 0 bridgehead atoms. The molecule has 1 aliphatic rings. The van der Waals surface area contributed by atoms with Crippen LogP contribution in [0.5, 0.6) is 0 Å². The van der Waals surface area contributed by atoms with Crippen molar-refractivity contribution in [1.29, 1.82) is 0 Å². The van der Waals surface area contributed by atoms with Gasteiger partial charge in [0, 0.05) is 24.2 Å². The molecule has 0 spiro atoms. The number of carbonyl (C=O) groups excluding carboxylic acids is 1. The zero-order valence-electron chi connectivity index (χ0n) is 11.5. The summed E-state index contributed by atoms with van der Waals surface area (Å²) >= 11 is 0. The van der Waals surface area contributed by atoms with Crippen LogP contribution in [0.15, 0.2) is 6.07 Å². The Hall–Kier alpha value is -1.07. The molecule has 108 valence electrons. The molecule has 6 heteroatoms. The third-order valence-corrected chi connectivity index (χ3v) is 3.22. The van der Waals surface area contributed by atoms with Gasteiger partial charge in [-0.2, -0.15) is 5.10 Å². The van der Waals surface area contributed by atoms with Gasteiger partial charge in [0.2, 0.25) is 0 Å². The maximum Gasteiger partial charge on any atom is 0.272 e. The first-order chi connectivity index (χ1) is 8.60. The van der Waals surface area contributed by atoms with Gasteiger partial charge in [0.25, 0.3) is 5.91 Å². The third kappa shape index (κ3) is 4.51. The van der Waals surface area contributed by atoms with Crippen molar-refractivity contribution < 1.29 is 4.79 Å². The minimum Gasteiger partial charge on any atom is -0.347 e. The van der Waals surface area contributed by atoms with Gasteiger partial charge in [-0.3, -0.25) is 9.89 Å². The zero-order chi connectivity index (χ0) is 13.1. The Bertz CT molecular complexity index is 415. The fourth-order valence-corrected chi connectivity index (χ4v) is 2.10. The van der Waals surface area contributed by atoms with E-state index in [1.54, 1.807) is 0 Å². The van der Waals surface area contributed by atoms with Crippen LogP contribution in [0.25, 0.3) is 0 Å². The van der Waals surface area contributed by atoms with Crippen molar-refractivity contribution in [3.05, 3.63) is 17.5 Å². The number of nitrogens with one attached hydrogen (secondary N) is 2. The van der Waals surface area contributed by atoms with Crippen molar-refractivity contribution in [2.45, 2.75) is 45.1 Å². The maximum atomic E-state index is 12.0. The van der Waals surface area contributed by atoms with Gasteiger partial charge in [-0.25, -0.2) is 0 Å². The lowest BCUT2D eigenvalue weighted by molar-refractivity contribution is 0.0928. The van der Waals surface area contributed by atoms with Crippen LogP contribution >= 0.6 is 12.4 Å². The summed E-state index contributed by atoms with van der Waals surface area (Å²) in [6, 6.07) is 1.88. The average molecular weight is 287 g/mol. The number of amides is 1. The van der Waals surface area contributed by atoms with Crippen molar-refractivity contribution in [1.82, 2.24) is 15.5 Å². The van der Waals surface area contributed by atoms with Crippen molar-refractivity contribution in [2.24, 2.45) is 11.7 Å². The summed E-state index contributed by atoms with van der Waals surface area (Å²) in [6.07, 6.45) is 3.28. The molecule has 2 rings (SSSR count). The summed E-state index contributed by atoms with van der Waals surface area (Å²) in [6.45, 7) is 4.70. The highest BCUT2D eigenvalue weighted by atomic mass is 35.5. The van der Waals surface area contributed by atoms with Crippen LogP contribution in [0.1, 0.15) is 55.2 Å². The number of halogens is 1. The molecular weight excluding hydrogens is 264 g/mol. The van der Waals surface area contributed by atoms with E-state index >= 15 is 0 Å². The summed E-state index contributed by atoms with van der Waals surface area (Å²) in [5.74, 6) is 0.967. The van der Waals surface area contributed by atoms with Crippen LogP contribution in [0.2, 0.25) is 0 Å². The van der Waals surface area contributed by atoms with Crippen molar-refractivity contribution in [3.63, 3.8) is 0 Å². The number of nitrogens with two attached hydrogens (primary N) is 1. The minimum atomic E-state index is -0.130. The standard InChI is InChI=1S/C13H22N4O.ClH/c1-8(2)5-10(7-14)15-13(18)12-6-11(16-17-12)9-3-4-9;/h6,8-10H,3-5,7,14H2,1-2H3,(H,15,18)(H,16,17);1H. The fourth-order valence-electron chi connectivity index (χ4n) is 2.10. The highest BCUT2D eigenvalue weighted by molar-refractivity contribution is 5.92. The maximum absolute atomic E-state index is 12.0. The van der Waals surface area contributed by atoms with E-state index in [2.05, 4.69) is 29.4 Å². The van der Waals surface area contributed by atoms with Gasteiger partial charge in [0.15, 0.2) is 0 Å². The Balaban J connectivity index is 0.00000180. The van der Waals surface area contributed by atoms with E-state index in [0.29, 0.717) is 24.1 Å². The van der Waals surface area contributed by atoms with E-state index < -0.39 is 0 Å². The van der Waals surface area contributed by atoms with Gasteiger partial charge in [-0.15, -0.1) is 12.4 Å². The lowest BCUT2D eigenvalue weighted by Crippen LogP contribution is -2.41. The predicted octanol–water partition coefficient (Wildman–Crippen LogP) is 1.81. The second-order valence-electron chi connectivity index (χ2n) is 5.52. The molecule has 1 heterocycles. The molecule has 0 saturated heterocycles. The lowest BCUT2D eigenvalue weighted by atomic mass is 10.0. The molecular formula is C13H23ClN4O. The topological polar surface area (TPSA) is 83.8 Å². The van der Waals surface area contributed by atoms with E-state index in [1.807, 2.05) is 6.07 Å². The minimum absolute atomic E-state index is 0. The molecule has 5 nitrogen and oxygen atoms in total. The number of hydrogen-bond acceptors (Lipinski definition) is 3. The first-order valence-electron chi connectivity index (χ1n) is 6.66. The highest BCUT2D eigenvalue weighted by Gasteiger charge is 2.26. The van der Waals surface area contributed by atoms with Crippen LogP contribution in [0.3, 0.4) is 0 Å². The van der Waals surface area contributed by atoms with Crippen LogP contribution in [-0.4, -0.2) is 28.7 Å². The largest absolute Gasteiger partial charge is 0.347 e. The number of carbonyl (C=O) groups is 1. The molecule has 1 saturated carbocycles. The van der Waals surface area contributed by atoms with E-state index in [0.717, 1.165) is 12.1 Å². The van der Waals surface area contributed by atoms with E-state index in [4.69, 9.17) is 5.73 Å². The number of aromatic nitrogens is 2. The van der Waals surface area contributed by atoms with E-state index in [9.17, 15) is 4.79 Å². The molecule has 1 atom stereocenters. The Morgan fingerprint density at radius 2 is 2.26 bits per heavy atom. The third-order valence-electron chi connectivity index (χ3n) is 3.22. The Kier molecular flexibility index (Phi) is 5.82. The van der Waals surface area contributed by atoms with Crippen LogP contribution in [0, 0.1) is 5.92 Å². The van der Waals surface area contributed by atoms with Crippen LogP contribution in [0.4, 0.5) is 0 Å². The first-order valence-corrected chi connectivity index (χ1v) is 6.66. The van der Waals surface area contributed by atoms with Crippen LogP contribution < -0.4 is 11.1 Å². The summed E-state index contributed by atoms with van der Waals surface area (Å²) in [7, 11) is 0.